The molecule has 0 aromatic heterocycles. The molecule has 1 N–H and O–H groups in total. The second kappa shape index (κ2) is 5.91. The number of hydrogen-bond donors (Lipinski definition) is 1. The molecule has 7 heteroatoms. The normalized spacial score (nSPS) is 13.3. The van der Waals surface area contributed by atoms with Crippen LogP contribution in [0.3, 0.4) is 0 Å². The lowest BCUT2D eigenvalue weighted by atomic mass is 10.1. The SMILES string of the molecule is O=S(=O)(O)CCCN1c2ccccc2Oc2ccc(Br)cc21. The molecule has 5 nitrogen and oxygen atoms in total. The molecular weight excluding hydrogens is 370 g/mol. The minimum absolute atomic E-state index is 0.268. The number of fused-ring (bicyclic) bond motifs is 2. The molecule has 1 aliphatic rings. The van der Waals surface area contributed by atoms with E-state index in [0.717, 1.165) is 21.6 Å². The van der Waals surface area contributed by atoms with Crippen molar-refractivity contribution in [2.24, 2.45) is 0 Å². The van der Waals surface area contributed by atoms with Crippen molar-refractivity contribution in [2.75, 3.05) is 17.2 Å². The summed E-state index contributed by atoms with van der Waals surface area (Å²) in [6, 6.07) is 13.3. The van der Waals surface area contributed by atoms with E-state index in [9.17, 15) is 8.42 Å². The molecule has 2 aromatic rings. The number of hydrogen-bond acceptors (Lipinski definition) is 4. The summed E-state index contributed by atoms with van der Waals surface area (Å²) in [4.78, 5) is 2.00. The molecule has 0 spiro atoms. The van der Waals surface area contributed by atoms with E-state index in [0.29, 0.717) is 18.7 Å². The Bertz CT molecular complexity index is 807. The van der Waals surface area contributed by atoms with Gasteiger partial charge in [-0.15, -0.1) is 0 Å². The van der Waals surface area contributed by atoms with Crippen LogP contribution < -0.4 is 9.64 Å². The number of ether oxygens (including phenoxy) is 1. The quantitative estimate of drug-likeness (QED) is 0.808. The molecule has 3 rings (SSSR count). The Morgan fingerprint density at radius 2 is 1.82 bits per heavy atom. The van der Waals surface area contributed by atoms with Gasteiger partial charge in [-0.2, -0.15) is 8.42 Å². The second-order valence-corrected chi connectivity index (χ2v) is 7.46. The molecule has 1 aliphatic heterocycles. The Morgan fingerprint density at radius 3 is 2.59 bits per heavy atom. The molecule has 0 fully saturated rings. The zero-order chi connectivity index (χ0) is 15.7. The van der Waals surface area contributed by atoms with Crippen LogP contribution in [0, 0.1) is 0 Å². The lowest BCUT2D eigenvalue weighted by Crippen LogP contribution is -2.24. The summed E-state index contributed by atoms with van der Waals surface area (Å²) in [5, 5.41) is 0. The lowest BCUT2D eigenvalue weighted by Gasteiger charge is -2.32. The van der Waals surface area contributed by atoms with Crippen molar-refractivity contribution >= 4 is 37.4 Å². The van der Waals surface area contributed by atoms with Gasteiger partial charge in [-0.25, -0.2) is 0 Å². The Labute approximate surface area is 137 Å². The van der Waals surface area contributed by atoms with Crippen molar-refractivity contribution in [3.8, 4) is 11.5 Å². The van der Waals surface area contributed by atoms with Crippen LogP contribution in [0.25, 0.3) is 0 Å². The monoisotopic (exact) mass is 383 g/mol. The molecule has 0 amide bonds. The molecule has 0 saturated carbocycles. The predicted molar refractivity (Wildman–Crippen MR) is 88.7 cm³/mol. The number of halogens is 1. The summed E-state index contributed by atoms with van der Waals surface area (Å²) in [5.41, 5.74) is 1.74. The fourth-order valence-corrected chi connectivity index (χ4v) is 3.29. The van der Waals surface area contributed by atoms with Crippen molar-refractivity contribution in [2.45, 2.75) is 6.42 Å². The number of rotatable bonds is 4. The van der Waals surface area contributed by atoms with Crippen LogP contribution in [0.15, 0.2) is 46.9 Å². The average molecular weight is 384 g/mol. The summed E-state index contributed by atoms with van der Waals surface area (Å²) >= 11 is 3.44. The molecule has 116 valence electrons. The van der Waals surface area contributed by atoms with Crippen LogP contribution in [-0.2, 0) is 10.1 Å². The van der Waals surface area contributed by atoms with Crippen molar-refractivity contribution < 1.29 is 17.7 Å². The summed E-state index contributed by atoms with van der Waals surface area (Å²) in [5.74, 6) is 1.17. The highest BCUT2D eigenvalue weighted by molar-refractivity contribution is 9.10. The van der Waals surface area contributed by atoms with E-state index in [1.54, 1.807) is 0 Å². The number of nitrogens with zero attached hydrogens (tertiary/aromatic N) is 1. The van der Waals surface area contributed by atoms with Gasteiger partial charge in [0, 0.05) is 11.0 Å². The van der Waals surface area contributed by atoms with Crippen LogP contribution >= 0.6 is 15.9 Å². The maximum Gasteiger partial charge on any atom is 0.264 e. The van der Waals surface area contributed by atoms with E-state index >= 15 is 0 Å². The number of para-hydroxylation sites is 2. The van der Waals surface area contributed by atoms with Gasteiger partial charge in [-0.05, 0) is 36.8 Å². The average Bonchev–Trinajstić information content (AvgIpc) is 2.46. The first kappa shape index (κ1) is 15.3. The first-order chi connectivity index (χ1) is 10.4. The first-order valence-corrected chi connectivity index (χ1v) is 9.13. The van der Waals surface area contributed by atoms with E-state index in [1.165, 1.54) is 0 Å². The molecule has 0 saturated heterocycles. The molecular formula is C15H14BrNO4S. The lowest BCUT2D eigenvalue weighted by molar-refractivity contribution is 0.471. The topological polar surface area (TPSA) is 66.8 Å². The first-order valence-electron chi connectivity index (χ1n) is 6.73. The van der Waals surface area contributed by atoms with E-state index in [-0.39, 0.29) is 5.75 Å². The summed E-state index contributed by atoms with van der Waals surface area (Å²) in [7, 11) is -3.96. The fraction of sp³-hybridized carbons (Fsp3) is 0.200. The molecule has 2 aromatic carbocycles. The van der Waals surface area contributed by atoms with Gasteiger partial charge in [0.15, 0.2) is 11.5 Å². The van der Waals surface area contributed by atoms with Crippen LogP contribution in [0.2, 0.25) is 0 Å². The smallest absolute Gasteiger partial charge is 0.264 e. The van der Waals surface area contributed by atoms with Crippen LogP contribution in [0.5, 0.6) is 11.5 Å². The van der Waals surface area contributed by atoms with Gasteiger partial charge in [0.05, 0.1) is 17.1 Å². The maximum absolute atomic E-state index is 10.9. The van der Waals surface area contributed by atoms with Gasteiger partial charge in [-0.3, -0.25) is 4.55 Å². The van der Waals surface area contributed by atoms with E-state index in [4.69, 9.17) is 9.29 Å². The van der Waals surface area contributed by atoms with Crippen molar-refractivity contribution in [3.05, 3.63) is 46.9 Å². The molecule has 1 heterocycles. The highest BCUT2D eigenvalue weighted by atomic mass is 79.9. The van der Waals surface area contributed by atoms with Gasteiger partial charge in [0.2, 0.25) is 0 Å². The Kier molecular flexibility index (Phi) is 4.12. The summed E-state index contributed by atoms with van der Waals surface area (Å²) in [6.07, 6.45) is 0.319. The molecule has 0 bridgehead atoms. The van der Waals surface area contributed by atoms with Gasteiger partial charge < -0.3 is 9.64 Å². The second-order valence-electron chi connectivity index (χ2n) is 4.97. The third kappa shape index (κ3) is 3.26. The minimum atomic E-state index is -3.96. The van der Waals surface area contributed by atoms with Crippen LogP contribution in [0.4, 0.5) is 11.4 Å². The van der Waals surface area contributed by atoms with Crippen LogP contribution in [-0.4, -0.2) is 25.3 Å². The zero-order valence-electron chi connectivity index (χ0n) is 11.6. The third-order valence-corrected chi connectivity index (χ3v) is 4.67. The van der Waals surface area contributed by atoms with Crippen LogP contribution in [0.1, 0.15) is 6.42 Å². The van der Waals surface area contributed by atoms with Gasteiger partial charge in [0.25, 0.3) is 10.1 Å². The molecule has 0 atom stereocenters. The highest BCUT2D eigenvalue weighted by Gasteiger charge is 2.24. The third-order valence-electron chi connectivity index (χ3n) is 3.37. The van der Waals surface area contributed by atoms with Gasteiger partial charge in [0.1, 0.15) is 0 Å². The zero-order valence-corrected chi connectivity index (χ0v) is 14.0. The number of anilines is 2. The van der Waals surface area contributed by atoms with Gasteiger partial charge in [-0.1, -0.05) is 28.1 Å². The Morgan fingerprint density at radius 1 is 1.09 bits per heavy atom. The highest BCUT2D eigenvalue weighted by Crippen LogP contribution is 2.47. The molecule has 22 heavy (non-hydrogen) atoms. The summed E-state index contributed by atoms with van der Waals surface area (Å²) < 4.78 is 37.5. The van der Waals surface area contributed by atoms with E-state index in [1.807, 2.05) is 47.4 Å². The van der Waals surface area contributed by atoms with Gasteiger partial charge >= 0.3 is 0 Å². The van der Waals surface area contributed by atoms with Crippen molar-refractivity contribution in [1.82, 2.24) is 0 Å². The minimum Gasteiger partial charge on any atom is -0.453 e. The Balaban J connectivity index is 1.95. The summed E-state index contributed by atoms with van der Waals surface area (Å²) in [6.45, 7) is 0.462. The standard InChI is InChI=1S/C15H14BrNO4S/c16-11-6-7-15-13(10-11)17(8-3-9-22(18,19)20)12-4-1-2-5-14(12)21-15/h1-2,4-7,10H,3,8-9H2,(H,18,19,20). The van der Waals surface area contributed by atoms with Crippen molar-refractivity contribution in [3.63, 3.8) is 0 Å². The fourth-order valence-electron chi connectivity index (χ4n) is 2.45. The molecule has 0 unspecified atom stereocenters. The van der Waals surface area contributed by atoms with E-state index < -0.39 is 10.1 Å². The Hall–Kier alpha value is -1.57. The predicted octanol–water partition coefficient (Wildman–Crippen LogP) is 3.97. The van der Waals surface area contributed by atoms with E-state index in [2.05, 4.69) is 15.9 Å². The maximum atomic E-state index is 10.9. The van der Waals surface area contributed by atoms with Crippen molar-refractivity contribution in [1.29, 1.82) is 0 Å². The molecule has 0 radical (unpaired) electrons. The number of benzene rings is 2. The largest absolute Gasteiger partial charge is 0.453 e. The molecule has 0 aliphatic carbocycles.